The number of benzene rings is 1. The molecular weight excluding hydrogens is 264 g/mol. The van der Waals surface area contributed by atoms with Gasteiger partial charge in [-0.25, -0.2) is 4.39 Å². The van der Waals surface area contributed by atoms with Crippen molar-refractivity contribution >= 4 is 5.95 Å². The van der Waals surface area contributed by atoms with Gasteiger partial charge >= 0.3 is 6.18 Å². The third-order valence-corrected chi connectivity index (χ3v) is 2.53. The van der Waals surface area contributed by atoms with Crippen LogP contribution in [-0.4, -0.2) is 14.8 Å². The van der Waals surface area contributed by atoms with Crippen LogP contribution in [0.2, 0.25) is 0 Å². The average Bonchev–Trinajstić information content (AvgIpc) is 2.71. The molecule has 0 amide bonds. The Bertz CT molecular complexity index is 603. The Kier molecular flexibility index (Phi) is 3.17. The molecule has 4 nitrogen and oxygen atoms in total. The summed E-state index contributed by atoms with van der Waals surface area (Å²) in [5.74, 6) is -2.62. The van der Waals surface area contributed by atoms with E-state index in [0.717, 1.165) is 5.56 Å². The first-order chi connectivity index (χ1) is 8.82. The Morgan fingerprint density at radius 3 is 2.47 bits per heavy atom. The smallest absolute Gasteiger partial charge is 0.368 e. The van der Waals surface area contributed by atoms with E-state index in [4.69, 9.17) is 5.73 Å². The van der Waals surface area contributed by atoms with Gasteiger partial charge in [0.25, 0.3) is 5.82 Å². The van der Waals surface area contributed by atoms with E-state index in [1.807, 2.05) is 6.92 Å². The van der Waals surface area contributed by atoms with Gasteiger partial charge in [-0.2, -0.15) is 22.8 Å². The summed E-state index contributed by atoms with van der Waals surface area (Å²) in [6.07, 6.45) is -4.11. The van der Waals surface area contributed by atoms with Crippen LogP contribution in [0, 0.1) is 5.82 Å². The summed E-state index contributed by atoms with van der Waals surface area (Å²) < 4.78 is 51.7. The summed E-state index contributed by atoms with van der Waals surface area (Å²) in [5, 5.41) is 3.18. The Balaban J connectivity index is 2.51. The topological polar surface area (TPSA) is 56.7 Å². The average molecular weight is 274 g/mol. The second-order valence-electron chi connectivity index (χ2n) is 3.84. The van der Waals surface area contributed by atoms with Crippen LogP contribution in [0.5, 0.6) is 0 Å². The minimum Gasteiger partial charge on any atom is -0.368 e. The van der Waals surface area contributed by atoms with E-state index in [1.165, 1.54) is 12.1 Å². The molecule has 0 aliphatic heterocycles. The highest BCUT2D eigenvalue weighted by Gasteiger charge is 2.37. The molecule has 2 aromatic rings. The lowest BCUT2D eigenvalue weighted by Crippen LogP contribution is -2.09. The fourth-order valence-corrected chi connectivity index (χ4v) is 1.56. The molecule has 2 rings (SSSR count). The SMILES string of the molecule is CCc1ccc(-n2nc(C(F)(F)F)nc2N)c(F)c1. The standard InChI is InChI=1S/C11H10F4N4/c1-2-6-3-4-8(7(12)5-6)19-10(16)17-9(18-19)11(13,14)15/h3-5H,2H2,1H3,(H2,16,17,18). The first kappa shape index (κ1) is 13.3. The maximum absolute atomic E-state index is 13.8. The van der Waals surface area contributed by atoms with Gasteiger partial charge in [0.05, 0.1) is 0 Å². The van der Waals surface area contributed by atoms with Gasteiger partial charge in [-0.3, -0.25) is 0 Å². The molecule has 0 aliphatic carbocycles. The zero-order valence-corrected chi connectivity index (χ0v) is 9.87. The van der Waals surface area contributed by atoms with Crippen LogP contribution in [0.3, 0.4) is 0 Å². The molecule has 0 aliphatic rings. The molecule has 1 aromatic carbocycles. The van der Waals surface area contributed by atoms with Crippen LogP contribution >= 0.6 is 0 Å². The van der Waals surface area contributed by atoms with Crippen molar-refractivity contribution in [1.29, 1.82) is 0 Å². The van der Waals surface area contributed by atoms with Gasteiger partial charge in [-0.1, -0.05) is 13.0 Å². The molecule has 0 radical (unpaired) electrons. The summed E-state index contributed by atoms with van der Waals surface area (Å²) in [6.45, 7) is 1.83. The van der Waals surface area contributed by atoms with Crippen LogP contribution in [0.15, 0.2) is 18.2 Å². The summed E-state index contributed by atoms with van der Waals surface area (Å²) in [4.78, 5) is 3.08. The fraction of sp³-hybridized carbons (Fsp3) is 0.273. The molecule has 0 saturated carbocycles. The maximum atomic E-state index is 13.8. The van der Waals surface area contributed by atoms with Gasteiger partial charge in [-0.05, 0) is 24.1 Å². The van der Waals surface area contributed by atoms with Crippen molar-refractivity contribution in [3.8, 4) is 5.69 Å². The molecule has 1 aromatic heterocycles. The number of nitrogens with zero attached hydrogens (tertiary/aromatic N) is 3. The van der Waals surface area contributed by atoms with E-state index in [0.29, 0.717) is 11.1 Å². The van der Waals surface area contributed by atoms with Crippen molar-refractivity contribution in [3.63, 3.8) is 0 Å². The number of nitrogen functional groups attached to an aromatic ring is 1. The van der Waals surface area contributed by atoms with Crippen molar-refractivity contribution in [3.05, 3.63) is 35.4 Å². The third kappa shape index (κ3) is 2.51. The molecule has 0 bridgehead atoms. The van der Waals surface area contributed by atoms with Gasteiger partial charge in [0.15, 0.2) is 0 Å². The zero-order valence-electron chi connectivity index (χ0n) is 9.87. The molecule has 0 atom stereocenters. The third-order valence-electron chi connectivity index (χ3n) is 2.53. The number of rotatable bonds is 2. The first-order valence-corrected chi connectivity index (χ1v) is 5.41. The molecule has 8 heteroatoms. The van der Waals surface area contributed by atoms with E-state index < -0.39 is 23.8 Å². The fourth-order valence-electron chi connectivity index (χ4n) is 1.56. The van der Waals surface area contributed by atoms with Crippen LogP contribution < -0.4 is 5.73 Å². The number of alkyl halides is 3. The maximum Gasteiger partial charge on any atom is 0.453 e. The van der Waals surface area contributed by atoms with E-state index in [9.17, 15) is 17.6 Å². The van der Waals surface area contributed by atoms with Gasteiger partial charge in [0.2, 0.25) is 5.95 Å². The number of aromatic nitrogens is 3. The van der Waals surface area contributed by atoms with Crippen LogP contribution in [-0.2, 0) is 12.6 Å². The molecule has 0 fully saturated rings. The first-order valence-electron chi connectivity index (χ1n) is 5.41. The predicted octanol–water partition coefficient (Wildman–Crippen LogP) is 2.57. The van der Waals surface area contributed by atoms with Gasteiger partial charge in [0.1, 0.15) is 11.5 Å². The van der Waals surface area contributed by atoms with E-state index in [-0.39, 0.29) is 5.69 Å². The normalized spacial score (nSPS) is 11.8. The summed E-state index contributed by atoms with van der Waals surface area (Å²) >= 11 is 0. The minimum absolute atomic E-state index is 0.169. The molecule has 0 spiro atoms. The number of nitrogens with two attached hydrogens (primary N) is 1. The minimum atomic E-state index is -4.72. The highest BCUT2D eigenvalue weighted by atomic mass is 19.4. The van der Waals surface area contributed by atoms with Crippen molar-refractivity contribution in [2.75, 3.05) is 5.73 Å². The van der Waals surface area contributed by atoms with E-state index >= 15 is 0 Å². The Hall–Kier alpha value is -2.12. The number of halogens is 4. The van der Waals surface area contributed by atoms with Crippen LogP contribution in [0.1, 0.15) is 18.3 Å². The highest BCUT2D eigenvalue weighted by Crippen LogP contribution is 2.28. The van der Waals surface area contributed by atoms with Crippen molar-refractivity contribution in [2.45, 2.75) is 19.5 Å². The summed E-state index contributed by atoms with van der Waals surface area (Å²) in [6, 6.07) is 4.13. The summed E-state index contributed by atoms with van der Waals surface area (Å²) in [7, 11) is 0. The van der Waals surface area contributed by atoms with Gasteiger partial charge in [-0.15, -0.1) is 5.10 Å². The zero-order chi connectivity index (χ0) is 14.2. The Labute approximate surface area is 105 Å². The van der Waals surface area contributed by atoms with Gasteiger partial charge < -0.3 is 5.73 Å². The lowest BCUT2D eigenvalue weighted by atomic mass is 10.1. The molecule has 0 saturated heterocycles. The number of hydrogen-bond acceptors (Lipinski definition) is 3. The highest BCUT2D eigenvalue weighted by molar-refractivity contribution is 5.40. The van der Waals surface area contributed by atoms with Gasteiger partial charge in [0, 0.05) is 0 Å². The molecule has 19 heavy (non-hydrogen) atoms. The predicted molar refractivity (Wildman–Crippen MR) is 60.1 cm³/mol. The van der Waals surface area contributed by atoms with E-state index in [1.54, 1.807) is 6.07 Å². The van der Waals surface area contributed by atoms with E-state index in [2.05, 4.69) is 10.1 Å². The number of hydrogen-bond donors (Lipinski definition) is 1. The second-order valence-corrected chi connectivity index (χ2v) is 3.84. The monoisotopic (exact) mass is 274 g/mol. The summed E-state index contributed by atoms with van der Waals surface area (Å²) in [5.41, 5.74) is 5.88. The number of aryl methyl sites for hydroxylation is 1. The molecule has 1 heterocycles. The lowest BCUT2D eigenvalue weighted by Gasteiger charge is -2.05. The molecule has 102 valence electrons. The Morgan fingerprint density at radius 1 is 1.32 bits per heavy atom. The van der Waals surface area contributed by atoms with Crippen molar-refractivity contribution < 1.29 is 17.6 Å². The lowest BCUT2D eigenvalue weighted by molar-refractivity contribution is -0.144. The van der Waals surface area contributed by atoms with Crippen molar-refractivity contribution in [2.24, 2.45) is 0 Å². The Morgan fingerprint density at radius 2 is 2.00 bits per heavy atom. The quantitative estimate of drug-likeness (QED) is 0.856. The largest absolute Gasteiger partial charge is 0.453 e. The second kappa shape index (κ2) is 4.52. The van der Waals surface area contributed by atoms with Crippen LogP contribution in [0.4, 0.5) is 23.5 Å². The molecule has 2 N–H and O–H groups in total. The van der Waals surface area contributed by atoms with Crippen molar-refractivity contribution in [1.82, 2.24) is 14.8 Å². The molecular formula is C11H10F4N4. The molecule has 0 unspecified atom stereocenters. The van der Waals surface area contributed by atoms with Crippen LogP contribution in [0.25, 0.3) is 5.69 Å². The number of anilines is 1.